The first-order chi connectivity index (χ1) is 16.5. The van der Waals surface area contributed by atoms with Gasteiger partial charge < -0.3 is 15.3 Å². The number of nitrogens with one attached hydrogen (secondary N) is 1. The Bertz CT molecular complexity index is 1230. The number of rotatable bonds is 8. The predicted octanol–water partition coefficient (Wildman–Crippen LogP) is 6.72. The van der Waals surface area contributed by atoms with E-state index in [-0.39, 0.29) is 11.9 Å². The normalized spacial score (nSPS) is 12.7. The Morgan fingerprint density at radius 3 is 2.20 bits per heavy atom. The standard InChI is InChI=1S/C29H33ClN2O3/c1-7-26(22-11-12-25(30)17(2)13-22)32(6)24-10-8-9-21(16-24)23-14-18(3)27(19(4)15-23)28(33)31-20(5)29(34)35/h8-16,20,26H,7H2,1-6H3,(H,31,33)(H,34,35)/t20?,26-/m1/s1. The van der Waals surface area contributed by atoms with Crippen LogP contribution in [-0.4, -0.2) is 30.1 Å². The summed E-state index contributed by atoms with van der Waals surface area (Å²) in [5.74, 6) is -1.44. The van der Waals surface area contributed by atoms with Gasteiger partial charge in [0.05, 0.1) is 6.04 Å². The fourth-order valence-corrected chi connectivity index (χ4v) is 4.63. The van der Waals surface area contributed by atoms with Crippen molar-refractivity contribution in [2.24, 2.45) is 0 Å². The number of nitrogens with zero attached hydrogens (tertiary/aromatic N) is 1. The van der Waals surface area contributed by atoms with Gasteiger partial charge in [-0.25, -0.2) is 0 Å². The minimum Gasteiger partial charge on any atom is -0.480 e. The molecule has 0 aliphatic rings. The lowest BCUT2D eigenvalue weighted by molar-refractivity contribution is -0.138. The smallest absolute Gasteiger partial charge is 0.325 e. The van der Waals surface area contributed by atoms with Gasteiger partial charge in [-0.15, -0.1) is 0 Å². The average molecular weight is 493 g/mol. The summed E-state index contributed by atoms with van der Waals surface area (Å²) in [6.07, 6.45) is 0.943. The van der Waals surface area contributed by atoms with E-state index in [9.17, 15) is 9.59 Å². The van der Waals surface area contributed by atoms with Gasteiger partial charge in [0.1, 0.15) is 6.04 Å². The van der Waals surface area contributed by atoms with E-state index in [4.69, 9.17) is 16.7 Å². The van der Waals surface area contributed by atoms with Crippen molar-refractivity contribution in [3.8, 4) is 11.1 Å². The highest BCUT2D eigenvalue weighted by atomic mass is 35.5. The minimum atomic E-state index is -1.06. The molecule has 5 nitrogen and oxygen atoms in total. The average Bonchev–Trinajstić information content (AvgIpc) is 2.81. The van der Waals surface area contributed by atoms with E-state index >= 15 is 0 Å². The number of carboxylic acid groups (broad SMARTS) is 1. The molecule has 0 heterocycles. The number of carbonyl (C=O) groups excluding carboxylic acids is 1. The number of amides is 1. The van der Waals surface area contributed by atoms with Crippen LogP contribution in [0.4, 0.5) is 5.69 Å². The number of benzene rings is 3. The van der Waals surface area contributed by atoms with E-state index in [1.54, 1.807) is 0 Å². The van der Waals surface area contributed by atoms with E-state index in [1.165, 1.54) is 12.5 Å². The quantitative estimate of drug-likeness (QED) is 0.366. The van der Waals surface area contributed by atoms with Gasteiger partial charge in [0.2, 0.25) is 0 Å². The molecule has 2 atom stereocenters. The van der Waals surface area contributed by atoms with Gasteiger partial charge in [0.15, 0.2) is 0 Å². The second-order valence-corrected chi connectivity index (χ2v) is 9.52. The van der Waals surface area contributed by atoms with Crippen molar-refractivity contribution >= 4 is 29.2 Å². The molecule has 6 heteroatoms. The Hall–Kier alpha value is -3.31. The highest BCUT2D eigenvalue weighted by molar-refractivity contribution is 6.31. The third-order valence-electron chi connectivity index (χ3n) is 6.49. The highest BCUT2D eigenvalue weighted by Crippen LogP contribution is 2.33. The van der Waals surface area contributed by atoms with Crippen LogP contribution in [0, 0.1) is 20.8 Å². The molecule has 35 heavy (non-hydrogen) atoms. The monoisotopic (exact) mass is 492 g/mol. The van der Waals surface area contributed by atoms with E-state index in [1.807, 2.05) is 45.0 Å². The fraction of sp³-hybridized carbons (Fsp3) is 0.310. The number of aliphatic carboxylic acids is 1. The molecule has 0 saturated carbocycles. The molecular formula is C29H33ClN2O3. The predicted molar refractivity (Wildman–Crippen MR) is 144 cm³/mol. The topological polar surface area (TPSA) is 69.6 Å². The Morgan fingerprint density at radius 2 is 1.63 bits per heavy atom. The molecule has 0 aliphatic heterocycles. The molecule has 1 amide bonds. The first kappa shape index (κ1) is 26.3. The number of hydrogen-bond donors (Lipinski definition) is 2. The molecule has 3 rings (SSSR count). The van der Waals surface area contributed by atoms with Gasteiger partial charge in [-0.05, 0) is 85.7 Å². The fourth-order valence-electron chi connectivity index (χ4n) is 4.51. The van der Waals surface area contributed by atoms with Crippen molar-refractivity contribution in [2.75, 3.05) is 11.9 Å². The molecule has 0 fully saturated rings. The van der Waals surface area contributed by atoms with Crippen molar-refractivity contribution in [3.05, 3.63) is 87.4 Å². The minimum absolute atomic E-state index is 0.201. The number of carboxylic acids is 1. The number of aryl methyl sites for hydroxylation is 3. The summed E-state index contributed by atoms with van der Waals surface area (Å²) >= 11 is 6.24. The highest BCUT2D eigenvalue weighted by Gasteiger charge is 2.20. The lowest BCUT2D eigenvalue weighted by Crippen LogP contribution is -2.38. The molecule has 2 N–H and O–H groups in total. The molecule has 0 bridgehead atoms. The van der Waals surface area contributed by atoms with Crippen molar-refractivity contribution in [2.45, 2.75) is 53.1 Å². The van der Waals surface area contributed by atoms with Gasteiger partial charge in [-0.1, -0.05) is 54.9 Å². The second kappa shape index (κ2) is 11.0. The summed E-state index contributed by atoms with van der Waals surface area (Å²) < 4.78 is 0. The maximum atomic E-state index is 12.7. The Balaban J connectivity index is 1.92. The molecule has 0 aliphatic carbocycles. The SMILES string of the molecule is CC[C@H](c1ccc(Cl)c(C)c1)N(C)c1cccc(-c2cc(C)c(C(=O)NC(C)C(=O)O)c(C)c2)c1. The molecule has 0 aromatic heterocycles. The molecule has 0 saturated heterocycles. The zero-order valence-corrected chi connectivity index (χ0v) is 21.9. The number of halogens is 1. The third kappa shape index (κ3) is 5.85. The molecule has 0 spiro atoms. The molecule has 1 unspecified atom stereocenters. The zero-order chi connectivity index (χ0) is 25.9. The van der Waals surface area contributed by atoms with Crippen LogP contribution in [0.25, 0.3) is 11.1 Å². The van der Waals surface area contributed by atoms with Crippen LogP contribution in [0.15, 0.2) is 54.6 Å². The van der Waals surface area contributed by atoms with Crippen LogP contribution in [0.1, 0.15) is 58.9 Å². The van der Waals surface area contributed by atoms with Crippen LogP contribution < -0.4 is 10.2 Å². The molecule has 184 valence electrons. The Kier molecular flexibility index (Phi) is 8.23. The van der Waals surface area contributed by atoms with Crippen LogP contribution >= 0.6 is 11.6 Å². The summed E-state index contributed by atoms with van der Waals surface area (Å²) in [5.41, 5.74) is 7.56. The van der Waals surface area contributed by atoms with E-state index in [2.05, 4.69) is 54.5 Å². The van der Waals surface area contributed by atoms with Crippen molar-refractivity contribution in [3.63, 3.8) is 0 Å². The summed E-state index contributed by atoms with van der Waals surface area (Å²) in [4.78, 5) is 26.1. The van der Waals surface area contributed by atoms with Gasteiger partial charge in [0, 0.05) is 23.3 Å². The third-order valence-corrected chi connectivity index (χ3v) is 6.91. The lowest BCUT2D eigenvalue weighted by Gasteiger charge is -2.30. The van der Waals surface area contributed by atoms with Gasteiger partial charge >= 0.3 is 5.97 Å². The summed E-state index contributed by atoms with van der Waals surface area (Å²) in [5, 5.41) is 12.4. The maximum Gasteiger partial charge on any atom is 0.325 e. The first-order valence-corrected chi connectivity index (χ1v) is 12.2. The van der Waals surface area contributed by atoms with Crippen LogP contribution in [0.5, 0.6) is 0 Å². The van der Waals surface area contributed by atoms with E-state index in [0.29, 0.717) is 5.56 Å². The van der Waals surface area contributed by atoms with Gasteiger partial charge in [0.25, 0.3) is 5.91 Å². The lowest BCUT2D eigenvalue weighted by atomic mass is 9.94. The first-order valence-electron chi connectivity index (χ1n) is 11.8. The molecule has 3 aromatic rings. The summed E-state index contributed by atoms with van der Waals surface area (Å²) in [7, 11) is 2.10. The van der Waals surface area contributed by atoms with Crippen molar-refractivity contribution in [1.82, 2.24) is 5.32 Å². The molecular weight excluding hydrogens is 460 g/mol. The zero-order valence-electron chi connectivity index (χ0n) is 21.1. The second-order valence-electron chi connectivity index (χ2n) is 9.11. The van der Waals surface area contributed by atoms with Crippen molar-refractivity contribution < 1.29 is 14.7 Å². The van der Waals surface area contributed by atoms with Gasteiger partial charge in [-0.2, -0.15) is 0 Å². The summed E-state index contributed by atoms with van der Waals surface area (Å²) in [6.45, 7) is 9.41. The van der Waals surface area contributed by atoms with Crippen LogP contribution in [-0.2, 0) is 4.79 Å². The molecule has 3 aromatic carbocycles. The van der Waals surface area contributed by atoms with Crippen LogP contribution in [0.3, 0.4) is 0 Å². The number of hydrogen-bond acceptors (Lipinski definition) is 3. The van der Waals surface area contributed by atoms with Gasteiger partial charge in [-0.3, -0.25) is 9.59 Å². The van der Waals surface area contributed by atoms with E-state index < -0.39 is 12.0 Å². The Morgan fingerprint density at radius 1 is 0.971 bits per heavy atom. The maximum absolute atomic E-state index is 12.7. The number of carbonyl (C=O) groups is 2. The molecule has 0 radical (unpaired) electrons. The summed E-state index contributed by atoms with van der Waals surface area (Å²) in [6, 6.07) is 17.8. The largest absolute Gasteiger partial charge is 0.480 e. The van der Waals surface area contributed by atoms with E-state index in [0.717, 1.165) is 44.9 Å². The van der Waals surface area contributed by atoms with Crippen molar-refractivity contribution in [1.29, 1.82) is 0 Å². The van der Waals surface area contributed by atoms with Crippen LogP contribution in [0.2, 0.25) is 5.02 Å². The number of anilines is 1. The Labute approximate surface area is 212 Å².